The Balaban J connectivity index is 1.81. The minimum absolute atomic E-state index is 0.136. The number of nitrogens with zero attached hydrogens (tertiary/aromatic N) is 2. The van der Waals surface area contributed by atoms with Gasteiger partial charge in [-0.1, -0.05) is 0 Å². The molecule has 2 heterocycles. The van der Waals surface area contributed by atoms with Gasteiger partial charge in [0.25, 0.3) is 0 Å². The van der Waals surface area contributed by atoms with Crippen molar-refractivity contribution in [3.05, 3.63) is 0 Å². The Morgan fingerprint density at radius 3 is 2.67 bits per heavy atom. The van der Waals surface area contributed by atoms with Crippen molar-refractivity contribution in [2.24, 2.45) is 5.92 Å². The molecule has 0 saturated carbocycles. The number of rotatable bonds is 3. The van der Waals surface area contributed by atoms with Crippen molar-refractivity contribution >= 4 is 5.97 Å². The summed E-state index contributed by atoms with van der Waals surface area (Å²) in [6.07, 6.45) is 0.881. The third kappa shape index (κ3) is 3.02. The number of carbonyl (C=O) groups is 1. The molecule has 2 rings (SSSR count). The van der Waals surface area contributed by atoms with Crippen molar-refractivity contribution in [3.63, 3.8) is 0 Å². The van der Waals surface area contributed by atoms with Gasteiger partial charge in [-0.05, 0) is 26.3 Å². The lowest BCUT2D eigenvalue weighted by atomic mass is 9.94. The van der Waals surface area contributed by atoms with Gasteiger partial charge < -0.3 is 19.9 Å². The topological polar surface area (TPSA) is 44.8 Å². The lowest BCUT2D eigenvalue weighted by molar-refractivity contribution is -0.147. The number of esters is 1. The molecule has 0 spiro atoms. The van der Waals surface area contributed by atoms with Crippen LogP contribution in [0.25, 0.3) is 0 Å². The Bertz CT molecular complexity index is 303. The molecular formula is C13H25N3O2. The number of hydrogen-bond acceptors (Lipinski definition) is 5. The van der Waals surface area contributed by atoms with Gasteiger partial charge in [0, 0.05) is 39.3 Å². The normalized spacial score (nSPS) is 34.7. The first-order valence-corrected chi connectivity index (χ1v) is 6.78. The first-order valence-electron chi connectivity index (χ1n) is 6.78. The molecule has 0 bridgehead atoms. The SMILES string of the molecule is COC(=O)C1(C)CC(CN2CCN(C)CC2)CN1. The van der Waals surface area contributed by atoms with Crippen LogP contribution in [0.3, 0.4) is 0 Å². The van der Waals surface area contributed by atoms with Crippen molar-refractivity contribution in [2.75, 3.05) is 53.4 Å². The maximum absolute atomic E-state index is 11.7. The number of likely N-dealkylation sites (N-methyl/N-ethyl adjacent to an activating group) is 1. The summed E-state index contributed by atoms with van der Waals surface area (Å²) in [5, 5.41) is 3.32. The number of carbonyl (C=O) groups excluding carboxylic acids is 1. The molecule has 1 N–H and O–H groups in total. The molecule has 0 aromatic carbocycles. The van der Waals surface area contributed by atoms with Gasteiger partial charge in [0.15, 0.2) is 0 Å². The zero-order valence-electron chi connectivity index (χ0n) is 11.7. The Morgan fingerprint density at radius 1 is 1.39 bits per heavy atom. The van der Waals surface area contributed by atoms with Gasteiger partial charge in [-0.2, -0.15) is 0 Å². The number of methoxy groups -OCH3 is 1. The molecule has 0 aromatic rings. The molecule has 2 aliphatic rings. The van der Waals surface area contributed by atoms with E-state index >= 15 is 0 Å². The van der Waals surface area contributed by atoms with Gasteiger partial charge in [0.2, 0.25) is 0 Å². The standard InChI is InChI=1S/C13H25N3O2/c1-13(12(17)18-3)8-11(9-14-13)10-16-6-4-15(2)5-7-16/h11,14H,4-10H2,1-3H3. The summed E-state index contributed by atoms with van der Waals surface area (Å²) in [5.41, 5.74) is -0.480. The number of hydrogen-bond donors (Lipinski definition) is 1. The Labute approximate surface area is 109 Å². The van der Waals surface area contributed by atoms with Crippen LogP contribution in [-0.2, 0) is 9.53 Å². The van der Waals surface area contributed by atoms with E-state index in [-0.39, 0.29) is 5.97 Å². The molecule has 2 atom stereocenters. The lowest BCUT2D eigenvalue weighted by Crippen LogP contribution is -2.46. The van der Waals surface area contributed by atoms with E-state index in [0.717, 1.165) is 45.7 Å². The molecular weight excluding hydrogens is 230 g/mol. The van der Waals surface area contributed by atoms with E-state index in [9.17, 15) is 4.79 Å². The van der Waals surface area contributed by atoms with E-state index in [1.807, 2.05) is 6.92 Å². The highest BCUT2D eigenvalue weighted by Crippen LogP contribution is 2.26. The number of ether oxygens (including phenoxy) is 1. The summed E-state index contributed by atoms with van der Waals surface area (Å²) in [6, 6.07) is 0. The van der Waals surface area contributed by atoms with Crippen LogP contribution in [0.4, 0.5) is 0 Å². The predicted molar refractivity (Wildman–Crippen MR) is 70.5 cm³/mol. The zero-order valence-corrected chi connectivity index (χ0v) is 11.7. The third-order valence-corrected chi connectivity index (χ3v) is 4.23. The fourth-order valence-electron chi connectivity index (χ4n) is 3.00. The minimum Gasteiger partial charge on any atom is -0.468 e. The zero-order chi connectivity index (χ0) is 13.2. The summed E-state index contributed by atoms with van der Waals surface area (Å²) >= 11 is 0. The van der Waals surface area contributed by atoms with Crippen LogP contribution in [0.2, 0.25) is 0 Å². The Kier molecular flexibility index (Phi) is 4.25. The van der Waals surface area contributed by atoms with Gasteiger partial charge in [-0.3, -0.25) is 4.79 Å². The van der Waals surface area contributed by atoms with E-state index in [2.05, 4.69) is 22.2 Å². The molecule has 2 unspecified atom stereocenters. The van der Waals surface area contributed by atoms with E-state index in [4.69, 9.17) is 4.74 Å². The third-order valence-electron chi connectivity index (χ3n) is 4.23. The van der Waals surface area contributed by atoms with E-state index in [1.165, 1.54) is 7.11 Å². The summed E-state index contributed by atoms with van der Waals surface area (Å²) in [5.74, 6) is 0.417. The van der Waals surface area contributed by atoms with Gasteiger partial charge in [-0.25, -0.2) is 0 Å². The molecule has 0 aromatic heterocycles. The predicted octanol–water partition coefficient (Wildman–Crippen LogP) is -0.225. The van der Waals surface area contributed by atoms with E-state index in [1.54, 1.807) is 0 Å². The quantitative estimate of drug-likeness (QED) is 0.706. The second kappa shape index (κ2) is 5.55. The van der Waals surface area contributed by atoms with Crippen LogP contribution < -0.4 is 5.32 Å². The van der Waals surface area contributed by atoms with Gasteiger partial charge >= 0.3 is 5.97 Å². The average Bonchev–Trinajstić information content (AvgIpc) is 2.74. The largest absolute Gasteiger partial charge is 0.468 e. The second-order valence-corrected chi connectivity index (χ2v) is 5.88. The van der Waals surface area contributed by atoms with Crippen molar-refractivity contribution in [1.29, 1.82) is 0 Å². The summed E-state index contributed by atoms with van der Waals surface area (Å²) in [4.78, 5) is 16.6. The van der Waals surface area contributed by atoms with Crippen molar-refractivity contribution < 1.29 is 9.53 Å². The fraction of sp³-hybridized carbons (Fsp3) is 0.923. The van der Waals surface area contributed by atoms with Crippen molar-refractivity contribution in [3.8, 4) is 0 Å². The first kappa shape index (κ1) is 13.8. The molecule has 0 amide bonds. The monoisotopic (exact) mass is 255 g/mol. The highest BCUT2D eigenvalue weighted by Gasteiger charge is 2.42. The van der Waals surface area contributed by atoms with E-state index in [0.29, 0.717) is 5.92 Å². The van der Waals surface area contributed by atoms with E-state index < -0.39 is 5.54 Å². The number of nitrogens with one attached hydrogen (secondary N) is 1. The fourth-order valence-corrected chi connectivity index (χ4v) is 3.00. The number of piperazine rings is 1. The van der Waals surface area contributed by atoms with Crippen LogP contribution >= 0.6 is 0 Å². The molecule has 2 saturated heterocycles. The summed E-state index contributed by atoms with van der Waals surface area (Å²) in [7, 11) is 3.63. The van der Waals surface area contributed by atoms with Gasteiger partial charge in [0.05, 0.1) is 7.11 Å². The van der Waals surface area contributed by atoms with Crippen LogP contribution in [0, 0.1) is 5.92 Å². The smallest absolute Gasteiger partial charge is 0.325 e. The van der Waals surface area contributed by atoms with Crippen LogP contribution in [0.15, 0.2) is 0 Å². The molecule has 0 radical (unpaired) electrons. The van der Waals surface area contributed by atoms with Crippen molar-refractivity contribution in [1.82, 2.24) is 15.1 Å². The minimum atomic E-state index is -0.480. The van der Waals surface area contributed by atoms with Crippen LogP contribution in [0.1, 0.15) is 13.3 Å². The Morgan fingerprint density at radius 2 is 2.06 bits per heavy atom. The summed E-state index contributed by atoms with van der Waals surface area (Å²) < 4.78 is 4.87. The molecule has 104 valence electrons. The maximum Gasteiger partial charge on any atom is 0.325 e. The second-order valence-electron chi connectivity index (χ2n) is 5.88. The average molecular weight is 255 g/mol. The highest BCUT2D eigenvalue weighted by atomic mass is 16.5. The Hall–Kier alpha value is -0.650. The maximum atomic E-state index is 11.7. The molecule has 18 heavy (non-hydrogen) atoms. The van der Waals surface area contributed by atoms with Crippen LogP contribution in [-0.4, -0.2) is 74.7 Å². The molecule has 2 fully saturated rings. The molecule has 5 heteroatoms. The summed E-state index contributed by atoms with van der Waals surface area (Å²) in [6.45, 7) is 8.53. The molecule has 2 aliphatic heterocycles. The highest BCUT2D eigenvalue weighted by molar-refractivity contribution is 5.80. The molecule has 0 aliphatic carbocycles. The van der Waals surface area contributed by atoms with Gasteiger partial charge in [-0.15, -0.1) is 0 Å². The molecule has 5 nitrogen and oxygen atoms in total. The van der Waals surface area contributed by atoms with Gasteiger partial charge in [0.1, 0.15) is 5.54 Å². The lowest BCUT2D eigenvalue weighted by Gasteiger charge is -2.33. The van der Waals surface area contributed by atoms with Crippen LogP contribution in [0.5, 0.6) is 0 Å². The first-order chi connectivity index (χ1) is 8.53. The van der Waals surface area contributed by atoms with Crippen molar-refractivity contribution in [2.45, 2.75) is 18.9 Å².